The average Bonchev–Trinajstić information content (AvgIpc) is 2.28. The molecule has 0 saturated carbocycles. The van der Waals surface area contributed by atoms with E-state index in [1.807, 2.05) is 0 Å². The quantitative estimate of drug-likeness (QED) is 0.879. The summed E-state index contributed by atoms with van der Waals surface area (Å²) in [6, 6.07) is 3.18. The molecule has 0 amide bonds. The number of pyridine rings is 1. The molecule has 0 radical (unpaired) electrons. The molecule has 6 heteroatoms. The van der Waals surface area contributed by atoms with Crippen LogP contribution in [0.25, 0.3) is 0 Å². The molecule has 0 bridgehead atoms. The molecule has 0 spiro atoms. The van der Waals surface area contributed by atoms with Gasteiger partial charge in [-0.25, -0.2) is 0 Å². The summed E-state index contributed by atoms with van der Waals surface area (Å²) in [7, 11) is 0. The summed E-state index contributed by atoms with van der Waals surface area (Å²) in [4.78, 5) is 5.48. The highest BCUT2D eigenvalue weighted by molar-refractivity contribution is 5.15. The van der Waals surface area contributed by atoms with E-state index < -0.39 is 12.2 Å². The van der Waals surface area contributed by atoms with Gasteiger partial charge in [0, 0.05) is 31.9 Å². The molecule has 1 aliphatic heterocycles. The van der Waals surface area contributed by atoms with Crippen molar-refractivity contribution in [1.82, 2.24) is 15.2 Å². The van der Waals surface area contributed by atoms with Crippen LogP contribution in [-0.4, -0.2) is 42.2 Å². The highest BCUT2D eigenvalue weighted by atomic mass is 19.4. The summed E-state index contributed by atoms with van der Waals surface area (Å²) in [6.07, 6.45) is -4.29. The van der Waals surface area contributed by atoms with Gasteiger partial charge in [0.25, 0.3) is 0 Å². The van der Waals surface area contributed by atoms with E-state index in [-0.39, 0.29) is 5.69 Å². The molecular weight excluding hydrogens is 243 g/mol. The van der Waals surface area contributed by atoms with Crippen molar-refractivity contribution in [3.8, 4) is 0 Å². The van der Waals surface area contributed by atoms with Crippen molar-refractivity contribution in [3.05, 3.63) is 29.6 Å². The van der Waals surface area contributed by atoms with Crippen LogP contribution in [0.5, 0.6) is 0 Å². The third kappa shape index (κ3) is 3.00. The van der Waals surface area contributed by atoms with Crippen molar-refractivity contribution in [2.45, 2.75) is 19.1 Å². The van der Waals surface area contributed by atoms with E-state index in [1.165, 1.54) is 11.0 Å². The Kier molecular flexibility index (Phi) is 3.87. The molecule has 1 aliphatic rings. The number of halogens is 3. The summed E-state index contributed by atoms with van der Waals surface area (Å²) < 4.78 is 39.7. The van der Waals surface area contributed by atoms with E-state index in [1.54, 1.807) is 19.1 Å². The van der Waals surface area contributed by atoms with E-state index in [4.69, 9.17) is 0 Å². The lowest BCUT2D eigenvalue weighted by Crippen LogP contribution is -2.49. The number of aryl methyl sites for hydroxylation is 1. The predicted molar refractivity (Wildman–Crippen MR) is 62.2 cm³/mol. The number of rotatable bonds is 2. The fourth-order valence-corrected chi connectivity index (χ4v) is 2.22. The molecule has 100 valence electrons. The Labute approximate surface area is 104 Å². The molecular formula is C12H16F3N3. The van der Waals surface area contributed by atoms with Gasteiger partial charge in [-0.2, -0.15) is 13.2 Å². The first kappa shape index (κ1) is 13.3. The summed E-state index contributed by atoms with van der Waals surface area (Å²) in [5.74, 6) is 0. The maximum Gasteiger partial charge on any atom is 0.409 e. The zero-order valence-electron chi connectivity index (χ0n) is 10.2. The minimum absolute atomic E-state index is 0.0874. The molecule has 0 aliphatic carbocycles. The van der Waals surface area contributed by atoms with Crippen LogP contribution >= 0.6 is 0 Å². The first-order valence-corrected chi connectivity index (χ1v) is 5.93. The number of aromatic nitrogens is 1. The second-order valence-electron chi connectivity index (χ2n) is 4.43. The monoisotopic (exact) mass is 259 g/mol. The van der Waals surface area contributed by atoms with Gasteiger partial charge in [0.15, 0.2) is 0 Å². The summed E-state index contributed by atoms with van der Waals surface area (Å²) >= 11 is 0. The Morgan fingerprint density at radius 3 is 2.50 bits per heavy atom. The van der Waals surface area contributed by atoms with Crippen LogP contribution in [0.3, 0.4) is 0 Å². The molecule has 2 heterocycles. The topological polar surface area (TPSA) is 28.2 Å². The van der Waals surface area contributed by atoms with Gasteiger partial charge in [0.2, 0.25) is 0 Å². The normalized spacial score (nSPS) is 19.8. The van der Waals surface area contributed by atoms with Gasteiger partial charge in [0.05, 0.1) is 5.69 Å². The van der Waals surface area contributed by atoms with Crippen LogP contribution in [0.1, 0.15) is 17.4 Å². The van der Waals surface area contributed by atoms with Crippen molar-refractivity contribution in [3.63, 3.8) is 0 Å². The van der Waals surface area contributed by atoms with Gasteiger partial charge in [0.1, 0.15) is 6.04 Å². The zero-order valence-corrected chi connectivity index (χ0v) is 10.2. The lowest BCUT2D eigenvalue weighted by atomic mass is 10.1. The van der Waals surface area contributed by atoms with E-state index in [0.717, 1.165) is 0 Å². The van der Waals surface area contributed by atoms with E-state index in [9.17, 15) is 13.2 Å². The SMILES string of the molecule is Cc1cccc([C@@H](N2CCNCC2)C(F)(F)F)n1. The minimum Gasteiger partial charge on any atom is -0.314 e. The summed E-state index contributed by atoms with van der Waals surface area (Å²) in [5, 5.41) is 3.05. The molecule has 2 rings (SSSR count). The molecule has 1 aromatic rings. The van der Waals surface area contributed by atoms with Crippen LogP contribution in [0.2, 0.25) is 0 Å². The molecule has 0 aromatic carbocycles. The Morgan fingerprint density at radius 2 is 1.94 bits per heavy atom. The van der Waals surface area contributed by atoms with E-state index in [2.05, 4.69) is 10.3 Å². The smallest absolute Gasteiger partial charge is 0.314 e. The Hall–Kier alpha value is -1.14. The predicted octanol–water partition coefficient (Wildman–Crippen LogP) is 1.90. The van der Waals surface area contributed by atoms with Crippen molar-refractivity contribution < 1.29 is 13.2 Å². The maximum atomic E-state index is 13.2. The van der Waals surface area contributed by atoms with Gasteiger partial charge in [-0.1, -0.05) is 6.07 Å². The van der Waals surface area contributed by atoms with Gasteiger partial charge in [-0.3, -0.25) is 9.88 Å². The molecule has 1 fully saturated rings. The van der Waals surface area contributed by atoms with Crippen molar-refractivity contribution in [2.24, 2.45) is 0 Å². The molecule has 1 atom stereocenters. The molecule has 1 saturated heterocycles. The Bertz CT molecular complexity index is 400. The minimum atomic E-state index is -4.29. The second-order valence-corrected chi connectivity index (χ2v) is 4.43. The van der Waals surface area contributed by atoms with Crippen LogP contribution < -0.4 is 5.32 Å². The standard InChI is InChI=1S/C12H16F3N3/c1-9-3-2-4-10(17-9)11(12(13,14)15)18-7-5-16-6-8-18/h2-4,11,16H,5-8H2,1H3/t11-/m1/s1. The van der Waals surface area contributed by atoms with Gasteiger partial charge < -0.3 is 5.32 Å². The van der Waals surface area contributed by atoms with Crippen LogP contribution in [0.15, 0.2) is 18.2 Å². The Morgan fingerprint density at radius 1 is 1.28 bits per heavy atom. The van der Waals surface area contributed by atoms with Crippen LogP contribution in [-0.2, 0) is 0 Å². The molecule has 0 unspecified atom stereocenters. The van der Waals surface area contributed by atoms with E-state index >= 15 is 0 Å². The average molecular weight is 259 g/mol. The maximum absolute atomic E-state index is 13.2. The fraction of sp³-hybridized carbons (Fsp3) is 0.583. The number of nitrogens with zero attached hydrogens (tertiary/aromatic N) is 2. The number of hydrogen-bond acceptors (Lipinski definition) is 3. The highest BCUT2D eigenvalue weighted by Gasteiger charge is 2.45. The lowest BCUT2D eigenvalue weighted by Gasteiger charge is -2.35. The number of alkyl halides is 3. The fourth-order valence-electron chi connectivity index (χ4n) is 2.22. The summed E-state index contributed by atoms with van der Waals surface area (Å²) in [6.45, 7) is 3.64. The third-order valence-corrected chi connectivity index (χ3v) is 3.02. The third-order valence-electron chi connectivity index (χ3n) is 3.02. The summed E-state index contributed by atoms with van der Waals surface area (Å²) in [5.41, 5.74) is 0.696. The van der Waals surface area contributed by atoms with Crippen molar-refractivity contribution >= 4 is 0 Å². The van der Waals surface area contributed by atoms with Gasteiger partial charge >= 0.3 is 6.18 Å². The number of piperazine rings is 1. The number of hydrogen-bond donors (Lipinski definition) is 1. The van der Waals surface area contributed by atoms with Crippen molar-refractivity contribution in [2.75, 3.05) is 26.2 Å². The molecule has 3 nitrogen and oxygen atoms in total. The highest BCUT2D eigenvalue weighted by Crippen LogP contribution is 2.36. The second kappa shape index (κ2) is 5.24. The molecule has 1 aromatic heterocycles. The van der Waals surface area contributed by atoms with Crippen LogP contribution in [0, 0.1) is 6.92 Å². The molecule has 18 heavy (non-hydrogen) atoms. The van der Waals surface area contributed by atoms with Gasteiger partial charge in [-0.15, -0.1) is 0 Å². The Balaban J connectivity index is 2.30. The zero-order chi connectivity index (χ0) is 13.2. The van der Waals surface area contributed by atoms with Crippen molar-refractivity contribution in [1.29, 1.82) is 0 Å². The van der Waals surface area contributed by atoms with E-state index in [0.29, 0.717) is 31.9 Å². The first-order valence-electron chi connectivity index (χ1n) is 5.93. The van der Waals surface area contributed by atoms with Crippen LogP contribution in [0.4, 0.5) is 13.2 Å². The largest absolute Gasteiger partial charge is 0.409 e. The lowest BCUT2D eigenvalue weighted by molar-refractivity contribution is -0.188. The molecule has 1 N–H and O–H groups in total. The number of nitrogens with one attached hydrogen (secondary N) is 1. The first-order chi connectivity index (χ1) is 8.48. The van der Waals surface area contributed by atoms with Gasteiger partial charge in [-0.05, 0) is 19.1 Å².